The van der Waals surface area contributed by atoms with Gasteiger partial charge < -0.3 is 24.8 Å². The number of ether oxygens (including phenoxy) is 2. The van der Waals surface area contributed by atoms with E-state index in [1.807, 2.05) is 0 Å². The number of phenolic OH excluding ortho intramolecular Hbond substituents is 2. The van der Waals surface area contributed by atoms with Crippen LogP contribution in [-0.2, 0) is 21.3 Å². The standard InChI is InChI=1S/C27H20O11S/c28-17-8-10-25(16(11-17)15-36-33)37-19-3-1-5-21(13-19)39(34,35)22-6-2-4-20(14-22)38-27(32)23-9-7-18(29)12-24(23)26(30)31/h1-14,28-29,33H,15H2,(H,30,31). The second kappa shape index (κ2) is 11.2. The Kier molecular flexibility index (Phi) is 7.81. The topological polar surface area (TPSA) is 177 Å². The Morgan fingerprint density at radius 3 is 2.03 bits per heavy atom. The summed E-state index contributed by atoms with van der Waals surface area (Å²) in [7, 11) is -4.13. The molecule has 0 amide bonds. The number of carbonyl (C=O) groups excluding carboxylic acids is 1. The maximum Gasteiger partial charge on any atom is 0.344 e. The molecule has 0 fully saturated rings. The van der Waals surface area contributed by atoms with E-state index in [0.717, 1.165) is 24.3 Å². The number of sulfone groups is 1. The predicted molar refractivity (Wildman–Crippen MR) is 134 cm³/mol. The molecule has 0 aliphatic heterocycles. The van der Waals surface area contributed by atoms with E-state index in [4.69, 9.17) is 14.7 Å². The first-order valence-corrected chi connectivity index (χ1v) is 12.6. The van der Waals surface area contributed by atoms with E-state index in [9.17, 15) is 33.3 Å². The summed E-state index contributed by atoms with van der Waals surface area (Å²) in [6, 6.07) is 17.8. The van der Waals surface area contributed by atoms with Gasteiger partial charge in [0.25, 0.3) is 0 Å². The summed E-state index contributed by atoms with van der Waals surface area (Å²) in [5, 5.41) is 37.3. The molecular weight excluding hydrogens is 532 g/mol. The molecule has 12 heteroatoms. The summed E-state index contributed by atoms with van der Waals surface area (Å²) >= 11 is 0. The Morgan fingerprint density at radius 1 is 0.744 bits per heavy atom. The van der Waals surface area contributed by atoms with E-state index in [1.54, 1.807) is 0 Å². The van der Waals surface area contributed by atoms with Crippen molar-refractivity contribution in [3.8, 4) is 28.7 Å². The third-order valence-corrected chi connectivity index (χ3v) is 7.14. The van der Waals surface area contributed by atoms with Crippen molar-refractivity contribution >= 4 is 21.8 Å². The number of rotatable bonds is 9. The number of hydrogen-bond donors (Lipinski definition) is 4. The molecule has 4 rings (SSSR count). The van der Waals surface area contributed by atoms with Gasteiger partial charge in [0, 0.05) is 5.56 Å². The minimum atomic E-state index is -4.13. The lowest BCUT2D eigenvalue weighted by atomic mass is 10.1. The minimum absolute atomic E-state index is 0.0871. The molecule has 0 heterocycles. The van der Waals surface area contributed by atoms with Crippen LogP contribution in [0.4, 0.5) is 0 Å². The van der Waals surface area contributed by atoms with Gasteiger partial charge in [-0.05, 0) is 72.8 Å². The molecule has 0 aromatic heterocycles. The number of esters is 1. The van der Waals surface area contributed by atoms with Gasteiger partial charge >= 0.3 is 11.9 Å². The highest BCUT2D eigenvalue weighted by Gasteiger charge is 2.22. The van der Waals surface area contributed by atoms with E-state index < -0.39 is 27.3 Å². The number of aromatic carboxylic acids is 1. The molecule has 0 radical (unpaired) electrons. The van der Waals surface area contributed by atoms with Crippen LogP contribution in [0.1, 0.15) is 26.3 Å². The molecule has 0 saturated heterocycles. The molecule has 200 valence electrons. The smallest absolute Gasteiger partial charge is 0.344 e. The Morgan fingerprint density at radius 2 is 1.36 bits per heavy atom. The van der Waals surface area contributed by atoms with Gasteiger partial charge in [0.1, 0.15) is 35.4 Å². The van der Waals surface area contributed by atoms with Gasteiger partial charge in [-0.1, -0.05) is 12.1 Å². The van der Waals surface area contributed by atoms with E-state index in [-0.39, 0.29) is 50.7 Å². The Labute approximate surface area is 221 Å². The van der Waals surface area contributed by atoms with Crippen LogP contribution < -0.4 is 9.47 Å². The maximum atomic E-state index is 13.4. The van der Waals surface area contributed by atoms with E-state index in [2.05, 4.69) is 4.89 Å². The molecule has 4 aromatic carbocycles. The number of aromatic hydroxyl groups is 2. The number of hydrogen-bond acceptors (Lipinski definition) is 10. The predicted octanol–water partition coefficient (Wildman–Crippen LogP) is 4.63. The van der Waals surface area contributed by atoms with E-state index in [0.29, 0.717) is 5.56 Å². The number of phenols is 2. The van der Waals surface area contributed by atoms with Crippen molar-refractivity contribution in [2.45, 2.75) is 16.4 Å². The van der Waals surface area contributed by atoms with Crippen molar-refractivity contribution < 1.29 is 52.9 Å². The molecule has 0 atom stereocenters. The SMILES string of the molecule is O=C(O)c1cc(O)ccc1C(=O)Oc1cccc(S(=O)(=O)c2cccc(Oc3ccc(O)cc3COO)c2)c1. The van der Waals surface area contributed by atoms with Crippen molar-refractivity contribution in [1.82, 2.24) is 0 Å². The van der Waals surface area contributed by atoms with Gasteiger partial charge in [0.05, 0.1) is 20.9 Å². The molecule has 0 spiro atoms. The van der Waals surface area contributed by atoms with Gasteiger partial charge in [-0.15, -0.1) is 0 Å². The van der Waals surface area contributed by atoms with Crippen LogP contribution in [0.3, 0.4) is 0 Å². The summed E-state index contributed by atoms with van der Waals surface area (Å²) in [6.07, 6.45) is 0. The molecule has 0 saturated carbocycles. The van der Waals surface area contributed by atoms with Crippen LogP contribution >= 0.6 is 0 Å². The largest absolute Gasteiger partial charge is 0.508 e. The van der Waals surface area contributed by atoms with Gasteiger partial charge in [-0.25, -0.2) is 22.9 Å². The fourth-order valence-electron chi connectivity index (χ4n) is 3.57. The second-order valence-electron chi connectivity index (χ2n) is 8.05. The summed E-state index contributed by atoms with van der Waals surface area (Å²) < 4.78 is 37.7. The highest BCUT2D eigenvalue weighted by molar-refractivity contribution is 7.91. The Hall–Kier alpha value is -4.91. The number of carboxylic acid groups (broad SMARTS) is 1. The van der Waals surface area contributed by atoms with Crippen molar-refractivity contribution in [3.05, 3.63) is 102 Å². The zero-order valence-corrected chi connectivity index (χ0v) is 20.7. The lowest BCUT2D eigenvalue weighted by molar-refractivity contribution is -0.253. The van der Waals surface area contributed by atoms with Gasteiger partial charge in [0.15, 0.2) is 0 Å². The average molecular weight is 553 g/mol. The van der Waals surface area contributed by atoms with Gasteiger partial charge in [0.2, 0.25) is 9.84 Å². The van der Waals surface area contributed by atoms with Crippen LogP contribution in [0, 0.1) is 0 Å². The average Bonchev–Trinajstić information content (AvgIpc) is 2.90. The first-order valence-electron chi connectivity index (χ1n) is 11.1. The third kappa shape index (κ3) is 6.15. The molecule has 0 unspecified atom stereocenters. The fourth-order valence-corrected chi connectivity index (χ4v) is 4.90. The lowest BCUT2D eigenvalue weighted by Crippen LogP contribution is -2.14. The van der Waals surface area contributed by atoms with Gasteiger partial charge in [-0.2, -0.15) is 0 Å². The molecule has 4 N–H and O–H groups in total. The fraction of sp³-hybridized carbons (Fsp3) is 0.0370. The van der Waals surface area contributed by atoms with Crippen molar-refractivity contribution in [1.29, 1.82) is 0 Å². The number of carboxylic acids is 1. The highest BCUT2D eigenvalue weighted by Crippen LogP contribution is 2.32. The van der Waals surface area contributed by atoms with Crippen LogP contribution in [-0.4, -0.2) is 40.9 Å². The molecule has 39 heavy (non-hydrogen) atoms. The monoisotopic (exact) mass is 552 g/mol. The maximum absolute atomic E-state index is 13.4. The Bertz CT molecular complexity index is 1660. The lowest BCUT2D eigenvalue weighted by Gasteiger charge is -2.12. The third-order valence-electron chi connectivity index (χ3n) is 5.39. The van der Waals surface area contributed by atoms with Crippen LogP contribution in [0.2, 0.25) is 0 Å². The molecule has 0 aliphatic carbocycles. The minimum Gasteiger partial charge on any atom is -0.508 e. The number of carbonyl (C=O) groups is 2. The summed E-state index contributed by atoms with van der Waals surface area (Å²) in [5.41, 5.74) is -0.513. The first-order chi connectivity index (χ1) is 18.6. The van der Waals surface area contributed by atoms with Gasteiger partial charge in [-0.3, -0.25) is 5.26 Å². The van der Waals surface area contributed by atoms with Crippen molar-refractivity contribution in [2.24, 2.45) is 0 Å². The first kappa shape index (κ1) is 27.1. The summed E-state index contributed by atoms with van der Waals surface area (Å²) in [4.78, 5) is 27.8. The highest BCUT2D eigenvalue weighted by atomic mass is 32.2. The van der Waals surface area contributed by atoms with E-state index >= 15 is 0 Å². The quantitative estimate of drug-likeness (QED) is 0.0985. The second-order valence-corrected chi connectivity index (χ2v) is 9.99. The molecule has 11 nitrogen and oxygen atoms in total. The normalized spacial score (nSPS) is 11.1. The summed E-state index contributed by atoms with van der Waals surface area (Å²) in [6.45, 7) is -0.286. The number of benzene rings is 4. The molecular formula is C27H20O11S. The molecule has 0 aliphatic rings. The van der Waals surface area contributed by atoms with Crippen LogP contribution in [0.15, 0.2) is 94.7 Å². The molecule has 0 bridgehead atoms. The van der Waals surface area contributed by atoms with Crippen LogP contribution in [0.25, 0.3) is 0 Å². The van der Waals surface area contributed by atoms with Crippen molar-refractivity contribution in [3.63, 3.8) is 0 Å². The zero-order valence-electron chi connectivity index (χ0n) is 19.8. The zero-order chi connectivity index (χ0) is 28.2. The Balaban J connectivity index is 1.60. The summed E-state index contributed by atoms with van der Waals surface area (Å²) in [5.74, 6) is -2.77. The molecule has 4 aromatic rings. The van der Waals surface area contributed by atoms with Crippen LogP contribution in [0.5, 0.6) is 28.7 Å². The van der Waals surface area contributed by atoms with E-state index in [1.165, 1.54) is 60.7 Å². The van der Waals surface area contributed by atoms with Crippen molar-refractivity contribution in [2.75, 3.05) is 0 Å².